The number of fused-ring (bicyclic) bond motifs is 4. The molecule has 0 amide bonds. The van der Waals surface area contributed by atoms with E-state index >= 15 is 0 Å². The van der Waals surface area contributed by atoms with Crippen LogP contribution in [0.4, 0.5) is 0 Å². The van der Waals surface area contributed by atoms with Crippen LogP contribution in [0.15, 0.2) is 82.6 Å². The fraction of sp³-hybridized carbons (Fsp3) is 0.0417. The van der Waals surface area contributed by atoms with E-state index in [4.69, 9.17) is 16.6 Å². The van der Waals surface area contributed by atoms with Crippen molar-refractivity contribution in [2.45, 2.75) is 6.04 Å². The van der Waals surface area contributed by atoms with Crippen molar-refractivity contribution < 1.29 is 9.35 Å². The zero-order chi connectivity index (χ0) is 21.1. The number of aromatic nitrogens is 2. The monoisotopic (exact) mass is 444 g/mol. The van der Waals surface area contributed by atoms with E-state index in [9.17, 15) is 9.90 Å². The van der Waals surface area contributed by atoms with Gasteiger partial charge in [-0.2, -0.15) is 4.24 Å². The summed E-state index contributed by atoms with van der Waals surface area (Å²) in [4.78, 5) is 21.9. The summed E-state index contributed by atoms with van der Waals surface area (Å²) in [6, 6.07) is 22.2. The Bertz CT molecular complexity index is 1690. The number of thiazole rings is 1. The Balaban J connectivity index is 1.77. The van der Waals surface area contributed by atoms with Crippen molar-refractivity contribution in [3.05, 3.63) is 110 Å². The first-order valence-electron chi connectivity index (χ1n) is 9.73. The van der Waals surface area contributed by atoms with Gasteiger partial charge >= 0.3 is 4.80 Å². The maximum Gasteiger partial charge on any atom is 0.384 e. The number of aromatic amines is 1. The van der Waals surface area contributed by atoms with Gasteiger partial charge < -0.3 is 10.1 Å². The smallest absolute Gasteiger partial charge is 0.384 e. The van der Waals surface area contributed by atoms with Gasteiger partial charge in [0.2, 0.25) is 6.04 Å². The van der Waals surface area contributed by atoms with E-state index in [1.54, 1.807) is 23.5 Å². The second kappa shape index (κ2) is 6.77. The van der Waals surface area contributed by atoms with Crippen molar-refractivity contribution in [1.82, 2.24) is 4.98 Å². The number of rotatable bonds is 2. The molecule has 5 aromatic rings. The molecule has 2 N–H and O–H groups in total. The lowest BCUT2D eigenvalue weighted by molar-refractivity contribution is -0.498. The topological polar surface area (TPSA) is 71.4 Å². The number of hydrogen-bond donors (Lipinski definition) is 2. The Morgan fingerprint density at radius 2 is 1.74 bits per heavy atom. The summed E-state index contributed by atoms with van der Waals surface area (Å²) in [6.45, 7) is 0. The molecule has 1 aliphatic heterocycles. The van der Waals surface area contributed by atoms with E-state index in [1.165, 1.54) is 0 Å². The summed E-state index contributed by atoms with van der Waals surface area (Å²) in [6.07, 6.45) is 0. The van der Waals surface area contributed by atoms with Crippen LogP contribution in [0.2, 0.25) is 5.02 Å². The quantitative estimate of drug-likeness (QED) is 0.401. The second-order valence-corrected chi connectivity index (χ2v) is 8.83. The third-order valence-corrected chi connectivity index (χ3v) is 6.86. The maximum absolute atomic E-state index is 13.2. The van der Waals surface area contributed by atoms with Crippen LogP contribution >= 0.6 is 22.9 Å². The molecule has 1 aliphatic rings. The van der Waals surface area contributed by atoms with E-state index in [0.29, 0.717) is 21.6 Å². The Morgan fingerprint density at radius 3 is 2.58 bits per heavy atom. The van der Waals surface area contributed by atoms with Crippen LogP contribution in [0.5, 0.6) is 5.75 Å². The number of nitrogens with one attached hydrogen (secondary N) is 1. The van der Waals surface area contributed by atoms with Gasteiger partial charge in [0, 0.05) is 16.0 Å². The molecule has 0 radical (unpaired) electrons. The van der Waals surface area contributed by atoms with E-state index < -0.39 is 6.04 Å². The first kappa shape index (κ1) is 18.3. The lowest BCUT2D eigenvalue weighted by atomic mass is 9.96. The molecule has 0 saturated carbocycles. The number of hydrogen-bond acceptors (Lipinski definition) is 4. The molecule has 3 heterocycles. The third kappa shape index (κ3) is 2.72. The minimum atomic E-state index is -0.443. The first-order valence-corrected chi connectivity index (χ1v) is 10.9. The molecule has 1 unspecified atom stereocenters. The highest BCUT2D eigenvalue weighted by molar-refractivity contribution is 7.15. The number of aromatic hydroxyl groups is 1. The summed E-state index contributed by atoms with van der Waals surface area (Å²) < 4.78 is 3.04. The van der Waals surface area contributed by atoms with Crippen molar-refractivity contribution in [2.24, 2.45) is 4.99 Å². The number of pyridine rings is 1. The molecule has 2 aromatic heterocycles. The Hall–Kier alpha value is -3.48. The fourth-order valence-electron chi connectivity index (χ4n) is 4.18. The SMILES string of the molecule is O=c1[nH]c2ccccc2c(O)c1C1=[n+]2c(sc3ccccc32)=NC1c1ccc(Cl)cc1. The van der Waals surface area contributed by atoms with Gasteiger partial charge in [0.05, 0.1) is 10.2 Å². The molecule has 0 spiro atoms. The highest BCUT2D eigenvalue weighted by Gasteiger charge is 2.38. The number of para-hydroxylation sites is 2. The predicted octanol–water partition coefficient (Wildman–Crippen LogP) is 4.19. The van der Waals surface area contributed by atoms with Crippen molar-refractivity contribution in [1.29, 1.82) is 0 Å². The highest BCUT2D eigenvalue weighted by Crippen LogP contribution is 2.35. The Labute approximate surface area is 184 Å². The fourth-order valence-corrected chi connectivity index (χ4v) is 5.35. The molecule has 150 valence electrons. The lowest BCUT2D eigenvalue weighted by Gasteiger charge is -2.10. The zero-order valence-corrected chi connectivity index (χ0v) is 17.6. The average Bonchev–Trinajstić information content (AvgIpc) is 3.31. The number of benzene rings is 3. The second-order valence-electron chi connectivity index (χ2n) is 7.38. The van der Waals surface area contributed by atoms with Crippen molar-refractivity contribution >= 4 is 44.1 Å². The van der Waals surface area contributed by atoms with E-state index in [1.807, 2.05) is 64.9 Å². The van der Waals surface area contributed by atoms with Crippen LogP contribution in [-0.4, -0.2) is 10.1 Å². The molecule has 31 heavy (non-hydrogen) atoms. The molecular weight excluding hydrogens is 430 g/mol. The van der Waals surface area contributed by atoms with Crippen LogP contribution < -0.4 is 14.6 Å². The number of H-pyrrole nitrogens is 1. The van der Waals surface area contributed by atoms with E-state index in [2.05, 4.69) is 4.98 Å². The van der Waals surface area contributed by atoms with Gasteiger partial charge in [0.25, 0.3) is 5.56 Å². The van der Waals surface area contributed by atoms with Crippen LogP contribution in [0.25, 0.3) is 21.1 Å². The predicted molar refractivity (Wildman–Crippen MR) is 121 cm³/mol. The highest BCUT2D eigenvalue weighted by atomic mass is 35.5. The van der Waals surface area contributed by atoms with Crippen molar-refractivity contribution in [3.63, 3.8) is 0 Å². The van der Waals surface area contributed by atoms with Crippen molar-refractivity contribution in [3.8, 4) is 5.75 Å². The molecular formula is C24H15ClN3O2S+. The lowest BCUT2D eigenvalue weighted by Crippen LogP contribution is -2.35. The van der Waals surface area contributed by atoms with Crippen LogP contribution in [0, 0.1) is 5.71 Å². The van der Waals surface area contributed by atoms with Gasteiger partial charge in [-0.25, -0.2) is 0 Å². The first-order chi connectivity index (χ1) is 15.1. The molecule has 0 aliphatic carbocycles. The summed E-state index contributed by atoms with van der Waals surface area (Å²) >= 11 is 7.66. The van der Waals surface area contributed by atoms with Gasteiger partial charge in [-0.15, -0.1) is 0 Å². The summed E-state index contributed by atoms with van der Waals surface area (Å²) in [5.41, 5.74) is 2.95. The van der Waals surface area contributed by atoms with E-state index in [0.717, 1.165) is 20.6 Å². The Kier molecular flexibility index (Phi) is 4.00. The average molecular weight is 445 g/mol. The van der Waals surface area contributed by atoms with Gasteiger partial charge in [-0.3, -0.25) is 4.79 Å². The van der Waals surface area contributed by atoms with Gasteiger partial charge in [0.1, 0.15) is 11.3 Å². The minimum absolute atomic E-state index is 0.0425. The normalized spacial score (nSPS) is 15.4. The summed E-state index contributed by atoms with van der Waals surface area (Å²) in [7, 11) is 0. The molecule has 5 nitrogen and oxygen atoms in total. The molecule has 0 saturated heterocycles. The molecule has 3 aromatic carbocycles. The third-order valence-electron chi connectivity index (χ3n) is 5.57. The van der Waals surface area contributed by atoms with E-state index in [-0.39, 0.29) is 16.9 Å². The maximum atomic E-state index is 13.2. The number of nitrogens with zero attached hydrogens (tertiary/aromatic N) is 2. The van der Waals surface area contributed by atoms with Crippen molar-refractivity contribution in [2.75, 3.05) is 0 Å². The van der Waals surface area contributed by atoms with Gasteiger partial charge in [-0.1, -0.05) is 53.0 Å². The van der Waals surface area contributed by atoms with Crippen LogP contribution in [0.1, 0.15) is 17.2 Å². The number of halogens is 1. The molecule has 1 atom stereocenters. The largest absolute Gasteiger partial charge is 0.506 e. The van der Waals surface area contributed by atoms with Gasteiger partial charge in [-0.05, 0) is 47.7 Å². The molecule has 0 fully saturated rings. The molecule has 7 heteroatoms. The molecule has 6 rings (SSSR count). The van der Waals surface area contributed by atoms with Crippen LogP contribution in [-0.2, 0) is 0 Å². The summed E-state index contributed by atoms with van der Waals surface area (Å²) in [5, 5.41) is 12.4. The Morgan fingerprint density at radius 1 is 1.00 bits per heavy atom. The zero-order valence-electron chi connectivity index (χ0n) is 16.0. The van der Waals surface area contributed by atoms with Crippen LogP contribution in [0.3, 0.4) is 0 Å². The standard InChI is InChI=1S/C24H14ClN3O2S/c25-14-11-9-13(10-12-14)20-21(28-17-7-3-4-8-18(17)31-24(28)27-20)19-22(29)15-5-1-2-6-16(15)26-23(19)30/h1-12,20H,(H,26,29,30)/p+1. The molecule has 0 bridgehead atoms. The van der Waals surface area contributed by atoms with Gasteiger partial charge in [0.15, 0.2) is 11.2 Å². The minimum Gasteiger partial charge on any atom is -0.506 e. The summed E-state index contributed by atoms with van der Waals surface area (Å²) in [5.74, 6) is -0.0425.